The van der Waals surface area contributed by atoms with Crippen LogP contribution in [0.3, 0.4) is 0 Å². The zero-order valence-electron chi connectivity index (χ0n) is 10.6. The lowest BCUT2D eigenvalue weighted by atomic mass is 10.1. The first-order chi connectivity index (χ1) is 8.95. The molecule has 1 aliphatic heterocycles. The van der Waals surface area contributed by atoms with Gasteiger partial charge in [0, 0.05) is 17.6 Å². The van der Waals surface area contributed by atoms with Crippen LogP contribution in [-0.2, 0) is 10.0 Å². The lowest BCUT2D eigenvalue weighted by Crippen LogP contribution is -2.30. The van der Waals surface area contributed by atoms with Gasteiger partial charge in [-0.15, -0.1) is 0 Å². The van der Waals surface area contributed by atoms with Crippen molar-refractivity contribution >= 4 is 37.6 Å². The minimum Gasteiger partial charge on any atom is -0.319 e. The molecular formula is C12H16BrClN2O2S. The number of halogens is 2. The fourth-order valence-corrected chi connectivity index (χ4v) is 4.84. The lowest BCUT2D eigenvalue weighted by Gasteiger charge is -2.17. The van der Waals surface area contributed by atoms with Crippen LogP contribution in [0.5, 0.6) is 0 Å². The average molecular weight is 368 g/mol. The summed E-state index contributed by atoms with van der Waals surface area (Å²) in [5.74, 6) is 0.369. The Morgan fingerprint density at radius 3 is 2.89 bits per heavy atom. The maximum absolute atomic E-state index is 12.5. The molecule has 1 aliphatic rings. The van der Waals surface area contributed by atoms with E-state index in [0.29, 0.717) is 19.0 Å². The van der Waals surface area contributed by atoms with Gasteiger partial charge >= 0.3 is 0 Å². The van der Waals surface area contributed by atoms with Crippen molar-refractivity contribution in [3.05, 3.63) is 27.7 Å². The summed E-state index contributed by atoms with van der Waals surface area (Å²) in [6, 6.07) is 4.85. The summed E-state index contributed by atoms with van der Waals surface area (Å²) in [6.45, 7) is 1.94. The van der Waals surface area contributed by atoms with E-state index in [1.165, 1.54) is 4.31 Å². The highest BCUT2D eigenvalue weighted by Crippen LogP contribution is 2.30. The highest BCUT2D eigenvalue weighted by Gasteiger charge is 2.33. The van der Waals surface area contributed by atoms with E-state index in [-0.39, 0.29) is 9.92 Å². The Balaban J connectivity index is 2.23. The van der Waals surface area contributed by atoms with Crippen molar-refractivity contribution in [3.8, 4) is 0 Å². The molecule has 0 spiro atoms. The van der Waals surface area contributed by atoms with Crippen molar-refractivity contribution < 1.29 is 8.42 Å². The number of hydrogen-bond donors (Lipinski definition) is 1. The molecule has 1 aromatic carbocycles. The van der Waals surface area contributed by atoms with Gasteiger partial charge < -0.3 is 5.32 Å². The Kier molecular flexibility index (Phi) is 4.89. The largest absolute Gasteiger partial charge is 0.319 e. The number of sulfonamides is 1. The molecule has 4 nitrogen and oxygen atoms in total. The normalized spacial score (nSPS) is 20.9. The Labute approximate surface area is 127 Å². The summed E-state index contributed by atoms with van der Waals surface area (Å²) in [5, 5.41) is 3.34. The van der Waals surface area contributed by atoms with Crippen molar-refractivity contribution in [3.63, 3.8) is 0 Å². The Hall–Kier alpha value is -0.140. The van der Waals surface area contributed by atoms with Crippen molar-refractivity contribution in [2.24, 2.45) is 5.92 Å². The smallest absolute Gasteiger partial charge is 0.244 e. The Morgan fingerprint density at radius 1 is 1.53 bits per heavy atom. The van der Waals surface area contributed by atoms with Gasteiger partial charge in [0.2, 0.25) is 10.0 Å². The SMILES string of the molecule is CNCC1CCN(S(=O)(=O)c2ccc(Br)cc2Cl)C1. The molecule has 7 heteroatoms. The predicted molar refractivity (Wildman–Crippen MR) is 79.9 cm³/mol. The van der Waals surface area contributed by atoms with Gasteiger partial charge in [-0.05, 0) is 44.1 Å². The molecule has 1 atom stereocenters. The molecule has 1 heterocycles. The third-order valence-electron chi connectivity index (χ3n) is 3.25. The molecule has 1 aromatic rings. The predicted octanol–water partition coefficient (Wildman–Crippen LogP) is 2.33. The first-order valence-corrected chi connectivity index (χ1v) is 8.66. The van der Waals surface area contributed by atoms with Gasteiger partial charge in [0.25, 0.3) is 0 Å². The molecule has 0 aliphatic carbocycles. The standard InChI is InChI=1S/C12H16BrClN2O2S/c1-15-7-9-4-5-16(8-9)19(17,18)12-3-2-10(13)6-11(12)14/h2-3,6,9,15H,4-5,7-8H2,1H3. The fraction of sp³-hybridized carbons (Fsp3) is 0.500. The molecule has 1 saturated heterocycles. The van der Waals surface area contributed by atoms with Crippen LogP contribution >= 0.6 is 27.5 Å². The molecule has 0 amide bonds. The van der Waals surface area contributed by atoms with Crippen LogP contribution in [0.1, 0.15) is 6.42 Å². The van der Waals surface area contributed by atoms with Crippen molar-refractivity contribution in [1.82, 2.24) is 9.62 Å². The van der Waals surface area contributed by atoms with Gasteiger partial charge in [-0.3, -0.25) is 0 Å². The van der Waals surface area contributed by atoms with Crippen LogP contribution < -0.4 is 5.32 Å². The summed E-state index contributed by atoms with van der Waals surface area (Å²) in [4.78, 5) is 0.183. The monoisotopic (exact) mass is 366 g/mol. The molecule has 0 saturated carbocycles. The van der Waals surface area contributed by atoms with E-state index in [9.17, 15) is 8.42 Å². The first kappa shape index (κ1) is 15.3. The van der Waals surface area contributed by atoms with Crippen molar-refractivity contribution in [1.29, 1.82) is 0 Å². The number of hydrogen-bond acceptors (Lipinski definition) is 3. The summed E-state index contributed by atoms with van der Waals surface area (Å²) in [6.07, 6.45) is 0.883. The van der Waals surface area contributed by atoms with Crippen molar-refractivity contribution in [2.75, 3.05) is 26.7 Å². The third-order valence-corrected chi connectivity index (χ3v) is 6.09. The molecule has 19 heavy (non-hydrogen) atoms. The van der Waals surface area contributed by atoms with Crippen LogP contribution in [0.25, 0.3) is 0 Å². The molecular weight excluding hydrogens is 352 g/mol. The van der Waals surface area contributed by atoms with Gasteiger partial charge in [0.05, 0.1) is 5.02 Å². The third kappa shape index (κ3) is 3.31. The summed E-state index contributed by atoms with van der Waals surface area (Å²) in [5.41, 5.74) is 0. The quantitative estimate of drug-likeness (QED) is 0.888. The van der Waals surface area contributed by atoms with Crippen LogP contribution in [0.15, 0.2) is 27.6 Å². The maximum atomic E-state index is 12.5. The number of rotatable bonds is 4. The van der Waals surface area contributed by atoms with Crippen LogP contribution in [-0.4, -0.2) is 39.4 Å². The Bertz CT molecular complexity index is 565. The molecule has 1 fully saturated rings. The van der Waals surface area contributed by atoms with Gasteiger partial charge in [0.15, 0.2) is 0 Å². The van der Waals surface area contributed by atoms with Crippen LogP contribution in [0.2, 0.25) is 5.02 Å². The summed E-state index contributed by atoms with van der Waals surface area (Å²) >= 11 is 9.32. The first-order valence-electron chi connectivity index (χ1n) is 6.05. The molecule has 2 rings (SSSR count). The molecule has 0 aromatic heterocycles. The van der Waals surface area contributed by atoms with E-state index in [2.05, 4.69) is 21.2 Å². The zero-order chi connectivity index (χ0) is 14.0. The summed E-state index contributed by atoms with van der Waals surface area (Å²) < 4.78 is 27.3. The second-order valence-corrected chi connectivity index (χ2v) is 7.88. The van der Waals surface area contributed by atoms with E-state index < -0.39 is 10.0 Å². The van der Waals surface area contributed by atoms with E-state index >= 15 is 0 Å². The zero-order valence-corrected chi connectivity index (χ0v) is 13.7. The number of benzene rings is 1. The van der Waals surface area contributed by atoms with E-state index in [1.54, 1.807) is 18.2 Å². The lowest BCUT2D eigenvalue weighted by molar-refractivity contribution is 0.451. The highest BCUT2D eigenvalue weighted by atomic mass is 79.9. The van der Waals surface area contributed by atoms with E-state index in [4.69, 9.17) is 11.6 Å². The van der Waals surface area contributed by atoms with Gasteiger partial charge in [-0.25, -0.2) is 8.42 Å². The Morgan fingerprint density at radius 2 is 2.26 bits per heavy atom. The minimum absolute atomic E-state index is 0.183. The highest BCUT2D eigenvalue weighted by molar-refractivity contribution is 9.10. The van der Waals surface area contributed by atoms with Crippen molar-refractivity contribution in [2.45, 2.75) is 11.3 Å². The fourth-order valence-electron chi connectivity index (χ4n) is 2.29. The minimum atomic E-state index is -3.48. The van der Waals surface area contributed by atoms with Crippen LogP contribution in [0.4, 0.5) is 0 Å². The molecule has 106 valence electrons. The molecule has 0 bridgehead atoms. The average Bonchev–Trinajstić information content (AvgIpc) is 2.78. The maximum Gasteiger partial charge on any atom is 0.244 e. The van der Waals surface area contributed by atoms with E-state index in [1.807, 2.05) is 7.05 Å². The van der Waals surface area contributed by atoms with Gasteiger partial charge in [-0.2, -0.15) is 4.31 Å². The second-order valence-electron chi connectivity index (χ2n) is 4.65. The molecule has 1 N–H and O–H groups in total. The number of nitrogens with zero attached hydrogens (tertiary/aromatic N) is 1. The molecule has 0 radical (unpaired) electrons. The van der Waals surface area contributed by atoms with Crippen LogP contribution in [0, 0.1) is 5.92 Å². The second kappa shape index (κ2) is 6.10. The topological polar surface area (TPSA) is 49.4 Å². The summed E-state index contributed by atoms with van der Waals surface area (Å²) in [7, 11) is -1.61. The van der Waals surface area contributed by atoms with Gasteiger partial charge in [0.1, 0.15) is 4.90 Å². The van der Waals surface area contributed by atoms with E-state index in [0.717, 1.165) is 17.4 Å². The molecule has 1 unspecified atom stereocenters. The van der Waals surface area contributed by atoms with Gasteiger partial charge in [-0.1, -0.05) is 27.5 Å². The number of nitrogens with one attached hydrogen (secondary N) is 1.